The molecule has 0 aliphatic heterocycles. The second kappa shape index (κ2) is 10.7. The number of carbonyl (C=O) groups excluding carboxylic acids is 1. The molecule has 0 saturated heterocycles. The van der Waals surface area contributed by atoms with E-state index in [2.05, 4.69) is 9.53 Å². The minimum absolute atomic E-state index is 0.0145. The summed E-state index contributed by atoms with van der Waals surface area (Å²) in [6.45, 7) is 3.56. The lowest BCUT2D eigenvalue weighted by atomic mass is 10.0. The van der Waals surface area contributed by atoms with Crippen molar-refractivity contribution >= 4 is 57.4 Å². The third-order valence-corrected chi connectivity index (χ3v) is 7.36. The lowest BCUT2D eigenvalue weighted by Gasteiger charge is -2.15. The minimum atomic E-state index is -0.641. The topological polar surface area (TPSA) is 100 Å². The summed E-state index contributed by atoms with van der Waals surface area (Å²) < 4.78 is 20.7. The Labute approximate surface area is 220 Å². The van der Waals surface area contributed by atoms with Crippen LogP contribution in [0.15, 0.2) is 50.8 Å². The molecule has 0 N–H and O–H groups in total. The van der Waals surface area contributed by atoms with Gasteiger partial charge in [0.05, 0.1) is 17.0 Å². The van der Waals surface area contributed by atoms with E-state index in [9.17, 15) is 9.59 Å². The molecule has 0 fully saturated rings. The molecule has 0 spiro atoms. The van der Waals surface area contributed by atoms with Crippen LogP contribution in [0.2, 0.25) is 10.2 Å². The van der Waals surface area contributed by atoms with Gasteiger partial charge in [-0.25, -0.2) is 9.59 Å². The van der Waals surface area contributed by atoms with Crippen LogP contribution < -0.4 is 10.4 Å². The van der Waals surface area contributed by atoms with Crippen LogP contribution in [0.3, 0.4) is 0 Å². The maximum Gasteiger partial charge on any atom is 0.360 e. The van der Waals surface area contributed by atoms with Gasteiger partial charge in [-0.2, -0.15) is 4.37 Å². The maximum absolute atomic E-state index is 12.7. The highest BCUT2D eigenvalue weighted by Crippen LogP contribution is 2.42. The van der Waals surface area contributed by atoms with Crippen molar-refractivity contribution in [1.29, 1.82) is 0 Å². The number of hydrogen-bond acceptors (Lipinski definition) is 9. The van der Waals surface area contributed by atoms with E-state index in [0.717, 1.165) is 11.5 Å². The Kier molecular flexibility index (Phi) is 7.63. The first kappa shape index (κ1) is 25.7. The normalized spacial score (nSPS) is 11.6. The van der Waals surface area contributed by atoms with E-state index in [1.807, 2.05) is 6.07 Å². The van der Waals surface area contributed by atoms with E-state index in [4.69, 9.17) is 41.9 Å². The van der Waals surface area contributed by atoms with Crippen LogP contribution in [0.25, 0.3) is 21.4 Å². The molecule has 4 aromatic rings. The number of halogens is 2. The predicted molar refractivity (Wildman–Crippen MR) is 139 cm³/mol. The van der Waals surface area contributed by atoms with Gasteiger partial charge in [-0.05, 0) is 43.1 Å². The zero-order valence-corrected chi connectivity index (χ0v) is 22.0. The molecule has 0 unspecified atom stereocenters. The molecular formula is C25H20Cl2N2O6S. The van der Waals surface area contributed by atoms with E-state index in [0.29, 0.717) is 49.4 Å². The molecule has 2 aromatic carbocycles. The van der Waals surface area contributed by atoms with Gasteiger partial charge in [-0.1, -0.05) is 52.6 Å². The number of fused-ring (bicyclic) bond motifs is 1. The highest BCUT2D eigenvalue weighted by molar-refractivity contribution is 7.11. The van der Waals surface area contributed by atoms with Gasteiger partial charge in [0.1, 0.15) is 25.0 Å². The average Bonchev–Trinajstić information content (AvgIpc) is 3.21. The first-order valence-electron chi connectivity index (χ1n) is 10.6. The third kappa shape index (κ3) is 4.69. The molecule has 0 saturated carbocycles. The van der Waals surface area contributed by atoms with Crippen LogP contribution in [-0.2, 0) is 21.0 Å². The average molecular weight is 547 g/mol. The number of hydrogen-bond donors (Lipinski definition) is 0. The molecule has 0 radical (unpaired) electrons. The van der Waals surface area contributed by atoms with E-state index in [1.54, 1.807) is 44.2 Å². The zero-order valence-electron chi connectivity index (χ0n) is 19.7. The van der Waals surface area contributed by atoms with Crippen LogP contribution >= 0.6 is 34.7 Å². The van der Waals surface area contributed by atoms with Gasteiger partial charge in [0.2, 0.25) is 0 Å². The van der Waals surface area contributed by atoms with Crippen molar-refractivity contribution in [2.24, 2.45) is 5.16 Å². The fourth-order valence-electron chi connectivity index (χ4n) is 3.76. The van der Waals surface area contributed by atoms with Crippen molar-refractivity contribution in [1.82, 2.24) is 4.37 Å². The van der Waals surface area contributed by atoms with E-state index in [-0.39, 0.29) is 22.5 Å². The Morgan fingerprint density at radius 2 is 1.86 bits per heavy atom. The molecule has 186 valence electrons. The van der Waals surface area contributed by atoms with Crippen molar-refractivity contribution in [2.75, 3.05) is 14.2 Å². The highest BCUT2D eigenvalue weighted by Gasteiger charge is 2.23. The summed E-state index contributed by atoms with van der Waals surface area (Å²) in [5.74, 6) is -0.148. The molecule has 0 aliphatic carbocycles. The van der Waals surface area contributed by atoms with Gasteiger partial charge in [0.15, 0.2) is 10.9 Å². The number of carbonyl (C=O) groups is 1. The van der Waals surface area contributed by atoms with E-state index < -0.39 is 11.6 Å². The van der Waals surface area contributed by atoms with Crippen molar-refractivity contribution in [3.8, 4) is 16.2 Å². The Balaban J connectivity index is 1.75. The van der Waals surface area contributed by atoms with Crippen LogP contribution in [-0.4, -0.2) is 30.3 Å². The number of benzene rings is 2. The summed E-state index contributed by atoms with van der Waals surface area (Å²) in [6, 6.07) is 10.7. The van der Waals surface area contributed by atoms with E-state index >= 15 is 0 Å². The van der Waals surface area contributed by atoms with Crippen LogP contribution in [0.1, 0.15) is 22.3 Å². The van der Waals surface area contributed by atoms with Crippen molar-refractivity contribution in [2.45, 2.75) is 20.5 Å². The number of nitrogens with zero attached hydrogens (tertiary/aromatic N) is 2. The molecule has 0 atom stereocenters. The number of oxime groups is 1. The lowest BCUT2D eigenvalue weighted by Crippen LogP contribution is -2.19. The van der Waals surface area contributed by atoms with Gasteiger partial charge in [-0.15, -0.1) is 0 Å². The number of esters is 1. The van der Waals surface area contributed by atoms with Crippen LogP contribution in [0.5, 0.6) is 5.75 Å². The van der Waals surface area contributed by atoms with Crippen molar-refractivity contribution in [3.05, 3.63) is 79.2 Å². The molecule has 4 rings (SSSR count). The number of methoxy groups -OCH3 is 1. The molecule has 11 heteroatoms. The van der Waals surface area contributed by atoms with Crippen LogP contribution in [0.4, 0.5) is 0 Å². The summed E-state index contributed by atoms with van der Waals surface area (Å²) in [5.41, 5.74) is 2.70. The van der Waals surface area contributed by atoms with Gasteiger partial charge < -0.3 is 18.7 Å². The van der Waals surface area contributed by atoms with E-state index in [1.165, 1.54) is 14.2 Å². The predicted octanol–water partition coefficient (Wildman–Crippen LogP) is 5.94. The summed E-state index contributed by atoms with van der Waals surface area (Å²) >= 11 is 13.5. The summed E-state index contributed by atoms with van der Waals surface area (Å²) in [7, 11) is 2.61. The largest absolute Gasteiger partial charge is 0.488 e. The maximum atomic E-state index is 12.7. The second-order valence-electron chi connectivity index (χ2n) is 7.63. The van der Waals surface area contributed by atoms with Crippen LogP contribution in [0, 0.1) is 13.8 Å². The quantitative estimate of drug-likeness (QED) is 0.122. The number of aromatic nitrogens is 1. The third-order valence-electron chi connectivity index (χ3n) is 5.54. The molecule has 0 amide bonds. The second-order valence-corrected chi connectivity index (χ2v) is 9.14. The highest BCUT2D eigenvalue weighted by atomic mass is 35.5. The number of aryl methyl sites for hydroxylation is 1. The fraction of sp³-hybridized carbons (Fsp3) is 0.200. The van der Waals surface area contributed by atoms with Crippen molar-refractivity contribution in [3.63, 3.8) is 0 Å². The Hall–Kier alpha value is -3.40. The summed E-state index contributed by atoms with van der Waals surface area (Å²) in [5, 5.41) is 4.96. The first-order valence-corrected chi connectivity index (χ1v) is 12.1. The molecule has 36 heavy (non-hydrogen) atoms. The van der Waals surface area contributed by atoms with Gasteiger partial charge >= 0.3 is 11.6 Å². The first-order chi connectivity index (χ1) is 17.3. The van der Waals surface area contributed by atoms with Gasteiger partial charge in [-0.3, -0.25) is 0 Å². The number of rotatable bonds is 7. The molecule has 0 aliphatic rings. The smallest absolute Gasteiger partial charge is 0.360 e. The fourth-order valence-corrected chi connectivity index (χ4v) is 5.09. The monoisotopic (exact) mass is 546 g/mol. The van der Waals surface area contributed by atoms with Gasteiger partial charge in [0, 0.05) is 27.6 Å². The molecular weight excluding hydrogens is 527 g/mol. The SMILES string of the molecule is CO/N=C(/C(=O)OC)c1ccccc1COc1ccc2c(-c3snc(Cl)c3Cl)c(C)c(=O)oc2c1C. The molecule has 8 nitrogen and oxygen atoms in total. The molecule has 2 heterocycles. The Bertz CT molecular complexity index is 1560. The standard InChI is InChI=1S/C25H20Cl2N2O6S/c1-12-17(34-11-14-7-5-6-8-15(14)20(28-33-4)25(31)32-3)10-9-16-18(13(2)24(30)35-21(12)16)22-19(26)23(27)29-36-22/h5-10H,11H2,1-4H3/b28-20+. The summed E-state index contributed by atoms with van der Waals surface area (Å²) in [4.78, 5) is 30.3. The minimum Gasteiger partial charge on any atom is -0.488 e. The lowest BCUT2D eigenvalue weighted by molar-refractivity contribution is -0.132. The zero-order chi connectivity index (χ0) is 26.0. The molecule has 0 bridgehead atoms. The summed E-state index contributed by atoms with van der Waals surface area (Å²) in [6.07, 6.45) is 0. The Morgan fingerprint density at radius 1 is 1.11 bits per heavy atom. The van der Waals surface area contributed by atoms with Gasteiger partial charge in [0.25, 0.3) is 0 Å². The number of ether oxygens (including phenoxy) is 2. The molecule has 2 aromatic heterocycles. The van der Waals surface area contributed by atoms with Crippen molar-refractivity contribution < 1.29 is 23.5 Å². The Morgan fingerprint density at radius 3 is 2.53 bits per heavy atom.